The third kappa shape index (κ3) is 3.27. The van der Waals surface area contributed by atoms with Crippen LogP contribution in [0.2, 0.25) is 5.02 Å². The lowest BCUT2D eigenvalue weighted by Gasteiger charge is -2.12. The zero-order valence-corrected chi connectivity index (χ0v) is 13.3. The molecule has 3 aromatic rings. The van der Waals surface area contributed by atoms with Gasteiger partial charge in [-0.2, -0.15) is 0 Å². The lowest BCUT2D eigenvalue weighted by atomic mass is 10.2. The van der Waals surface area contributed by atoms with Gasteiger partial charge in [-0.1, -0.05) is 23.7 Å². The molecule has 4 nitrogen and oxygen atoms in total. The molecule has 1 amide bonds. The van der Waals surface area contributed by atoms with Crippen LogP contribution in [0.1, 0.15) is 5.56 Å². The lowest BCUT2D eigenvalue weighted by molar-refractivity contribution is -0.116. The Hall–Kier alpha value is -2.59. The number of amides is 1. The van der Waals surface area contributed by atoms with Crippen molar-refractivity contribution in [2.75, 3.05) is 5.32 Å². The third-order valence-electron chi connectivity index (χ3n) is 3.66. The Bertz CT molecular complexity index is 947. The molecular formula is C18H15ClN2O2. The minimum atomic E-state index is -0.163. The van der Waals surface area contributed by atoms with Crippen LogP contribution in [0.15, 0.2) is 59.5 Å². The maximum atomic E-state index is 12.3. The Morgan fingerprint density at radius 1 is 1.17 bits per heavy atom. The van der Waals surface area contributed by atoms with Crippen molar-refractivity contribution < 1.29 is 4.79 Å². The first kappa shape index (κ1) is 15.3. The number of anilines is 1. The average molecular weight is 327 g/mol. The summed E-state index contributed by atoms with van der Waals surface area (Å²) in [5, 5.41) is 4.10. The standard InChI is InChI=1S/C18H15ClN2O2/c1-12-10-13(19)6-7-15(12)20-18(23)11-21-9-8-17(22)14-4-2-3-5-16(14)21/h2-10H,11H2,1H3,(H,20,23). The van der Waals surface area contributed by atoms with Crippen LogP contribution < -0.4 is 10.7 Å². The number of para-hydroxylation sites is 1. The van der Waals surface area contributed by atoms with E-state index in [-0.39, 0.29) is 17.9 Å². The molecule has 0 spiro atoms. The minimum Gasteiger partial charge on any atom is -0.338 e. The highest BCUT2D eigenvalue weighted by Gasteiger charge is 2.08. The van der Waals surface area contributed by atoms with E-state index in [0.29, 0.717) is 10.4 Å². The number of fused-ring (bicyclic) bond motifs is 1. The molecule has 0 radical (unpaired) electrons. The number of nitrogens with zero attached hydrogens (tertiary/aromatic N) is 1. The van der Waals surface area contributed by atoms with Gasteiger partial charge in [0.15, 0.2) is 5.43 Å². The molecule has 3 rings (SSSR count). The van der Waals surface area contributed by atoms with Gasteiger partial charge in [0, 0.05) is 28.4 Å². The van der Waals surface area contributed by atoms with Crippen LogP contribution in [0.3, 0.4) is 0 Å². The van der Waals surface area contributed by atoms with Crippen LogP contribution in [-0.4, -0.2) is 10.5 Å². The summed E-state index contributed by atoms with van der Waals surface area (Å²) >= 11 is 5.92. The SMILES string of the molecule is Cc1cc(Cl)ccc1NC(=O)Cn1ccc(=O)c2ccccc21. The van der Waals surface area contributed by atoms with Crippen LogP contribution in [0.5, 0.6) is 0 Å². The van der Waals surface area contributed by atoms with Crippen molar-refractivity contribution in [3.63, 3.8) is 0 Å². The van der Waals surface area contributed by atoms with E-state index in [2.05, 4.69) is 5.32 Å². The van der Waals surface area contributed by atoms with E-state index in [0.717, 1.165) is 16.8 Å². The van der Waals surface area contributed by atoms with E-state index in [4.69, 9.17) is 11.6 Å². The van der Waals surface area contributed by atoms with Crippen molar-refractivity contribution in [2.24, 2.45) is 0 Å². The number of aryl methyl sites for hydroxylation is 1. The highest BCUT2D eigenvalue weighted by molar-refractivity contribution is 6.30. The van der Waals surface area contributed by atoms with Crippen molar-refractivity contribution in [1.29, 1.82) is 0 Å². The zero-order valence-electron chi connectivity index (χ0n) is 12.5. The molecule has 0 atom stereocenters. The first-order valence-electron chi connectivity index (χ1n) is 7.19. The zero-order chi connectivity index (χ0) is 16.4. The summed E-state index contributed by atoms with van der Waals surface area (Å²) in [5.74, 6) is -0.163. The molecule has 0 fully saturated rings. The number of carbonyl (C=O) groups is 1. The van der Waals surface area contributed by atoms with Gasteiger partial charge in [0.2, 0.25) is 5.91 Å². The van der Waals surface area contributed by atoms with Crippen molar-refractivity contribution in [3.8, 4) is 0 Å². The van der Waals surface area contributed by atoms with Gasteiger partial charge in [0.25, 0.3) is 0 Å². The number of nitrogens with one attached hydrogen (secondary N) is 1. The van der Waals surface area contributed by atoms with Gasteiger partial charge in [0.05, 0.1) is 5.52 Å². The van der Waals surface area contributed by atoms with Gasteiger partial charge in [-0.3, -0.25) is 9.59 Å². The van der Waals surface area contributed by atoms with E-state index in [1.807, 2.05) is 25.1 Å². The van der Waals surface area contributed by atoms with E-state index in [9.17, 15) is 9.59 Å². The molecule has 116 valence electrons. The fourth-order valence-electron chi connectivity index (χ4n) is 2.51. The highest BCUT2D eigenvalue weighted by atomic mass is 35.5. The topological polar surface area (TPSA) is 51.1 Å². The fraction of sp³-hybridized carbons (Fsp3) is 0.111. The second-order valence-corrected chi connectivity index (χ2v) is 5.77. The molecule has 0 aliphatic rings. The predicted molar refractivity (Wildman–Crippen MR) is 93.0 cm³/mol. The molecule has 0 aliphatic heterocycles. The first-order valence-corrected chi connectivity index (χ1v) is 7.56. The molecular weight excluding hydrogens is 312 g/mol. The Labute approximate surface area is 138 Å². The molecule has 1 N–H and O–H groups in total. The Morgan fingerprint density at radius 2 is 1.96 bits per heavy atom. The number of hydrogen-bond acceptors (Lipinski definition) is 2. The maximum Gasteiger partial charge on any atom is 0.244 e. The van der Waals surface area contributed by atoms with E-state index in [1.165, 1.54) is 6.07 Å². The molecule has 0 saturated carbocycles. The monoisotopic (exact) mass is 326 g/mol. The van der Waals surface area contributed by atoms with Crippen LogP contribution in [0.4, 0.5) is 5.69 Å². The number of rotatable bonds is 3. The molecule has 0 bridgehead atoms. The fourth-order valence-corrected chi connectivity index (χ4v) is 2.74. The normalized spacial score (nSPS) is 10.7. The summed E-state index contributed by atoms with van der Waals surface area (Å²) in [4.78, 5) is 24.2. The van der Waals surface area contributed by atoms with Gasteiger partial charge in [0.1, 0.15) is 6.54 Å². The second kappa shape index (κ2) is 6.26. The maximum absolute atomic E-state index is 12.3. The number of carbonyl (C=O) groups excluding carboxylic acids is 1. The summed E-state index contributed by atoms with van der Waals surface area (Å²) in [6.07, 6.45) is 1.64. The lowest BCUT2D eigenvalue weighted by Crippen LogP contribution is -2.20. The van der Waals surface area contributed by atoms with Crippen LogP contribution in [-0.2, 0) is 11.3 Å². The largest absolute Gasteiger partial charge is 0.338 e. The van der Waals surface area contributed by atoms with Crippen LogP contribution in [0.25, 0.3) is 10.9 Å². The first-order chi connectivity index (χ1) is 11.0. The molecule has 0 saturated heterocycles. The van der Waals surface area contributed by atoms with Gasteiger partial charge in [-0.05, 0) is 42.8 Å². The Morgan fingerprint density at radius 3 is 2.74 bits per heavy atom. The highest BCUT2D eigenvalue weighted by Crippen LogP contribution is 2.19. The van der Waals surface area contributed by atoms with Crippen molar-refractivity contribution in [3.05, 3.63) is 75.5 Å². The van der Waals surface area contributed by atoms with Gasteiger partial charge >= 0.3 is 0 Å². The summed E-state index contributed by atoms with van der Waals surface area (Å²) in [7, 11) is 0. The minimum absolute atomic E-state index is 0.0502. The van der Waals surface area contributed by atoms with E-state index < -0.39 is 0 Å². The number of aromatic nitrogens is 1. The average Bonchev–Trinajstić information content (AvgIpc) is 2.53. The van der Waals surface area contributed by atoms with E-state index >= 15 is 0 Å². The second-order valence-electron chi connectivity index (χ2n) is 5.33. The molecule has 1 heterocycles. The Kier molecular flexibility index (Phi) is 4.17. The molecule has 23 heavy (non-hydrogen) atoms. The number of benzene rings is 2. The van der Waals surface area contributed by atoms with Gasteiger partial charge in [-0.15, -0.1) is 0 Å². The number of hydrogen-bond donors (Lipinski definition) is 1. The smallest absolute Gasteiger partial charge is 0.244 e. The number of pyridine rings is 1. The molecule has 0 unspecified atom stereocenters. The predicted octanol–water partition coefficient (Wildman–Crippen LogP) is 3.60. The van der Waals surface area contributed by atoms with Crippen molar-refractivity contribution in [2.45, 2.75) is 13.5 Å². The summed E-state index contributed by atoms with van der Waals surface area (Å²) < 4.78 is 1.76. The molecule has 1 aromatic heterocycles. The van der Waals surface area contributed by atoms with E-state index in [1.54, 1.807) is 35.0 Å². The molecule has 5 heteroatoms. The van der Waals surface area contributed by atoms with Crippen LogP contribution >= 0.6 is 11.6 Å². The summed E-state index contributed by atoms with van der Waals surface area (Å²) in [6.45, 7) is 2.01. The number of halogens is 1. The van der Waals surface area contributed by atoms with Crippen molar-refractivity contribution in [1.82, 2.24) is 4.57 Å². The quantitative estimate of drug-likeness (QED) is 0.799. The summed E-state index contributed by atoms with van der Waals surface area (Å²) in [5.41, 5.74) is 2.31. The van der Waals surface area contributed by atoms with Gasteiger partial charge < -0.3 is 9.88 Å². The van der Waals surface area contributed by atoms with Gasteiger partial charge in [-0.25, -0.2) is 0 Å². The molecule has 2 aromatic carbocycles. The summed E-state index contributed by atoms with van der Waals surface area (Å²) in [6, 6.07) is 14.0. The Balaban J connectivity index is 1.86. The van der Waals surface area contributed by atoms with Crippen LogP contribution in [0, 0.1) is 6.92 Å². The van der Waals surface area contributed by atoms with Crippen molar-refractivity contribution >= 4 is 34.1 Å². The molecule has 0 aliphatic carbocycles. The third-order valence-corrected chi connectivity index (χ3v) is 3.90.